The molecule has 0 radical (unpaired) electrons. The second-order valence-corrected chi connectivity index (χ2v) is 5.39. The molecule has 17 heavy (non-hydrogen) atoms. The Kier molecular flexibility index (Phi) is 5.37. The molecule has 1 atom stereocenters. The zero-order chi connectivity index (χ0) is 13.0. The molecule has 96 valence electrons. The number of halogens is 1. The van der Waals surface area contributed by atoms with Crippen LogP contribution in [0.2, 0.25) is 0 Å². The van der Waals surface area contributed by atoms with Crippen LogP contribution < -0.4 is 0 Å². The van der Waals surface area contributed by atoms with Crippen LogP contribution >= 0.6 is 15.9 Å². The van der Waals surface area contributed by atoms with Crippen LogP contribution in [-0.2, 0) is 17.8 Å². The lowest BCUT2D eigenvalue weighted by molar-refractivity contribution is -0.119. The monoisotopic (exact) mass is 300 g/mol. The van der Waals surface area contributed by atoms with Crippen molar-refractivity contribution < 1.29 is 4.79 Å². The molecule has 0 saturated carbocycles. The fourth-order valence-corrected chi connectivity index (χ4v) is 2.25. The highest BCUT2D eigenvalue weighted by atomic mass is 79.9. The van der Waals surface area contributed by atoms with Gasteiger partial charge in [0, 0.05) is 19.4 Å². The van der Waals surface area contributed by atoms with Crippen molar-refractivity contribution in [2.24, 2.45) is 5.92 Å². The fraction of sp³-hybridized carbons (Fsp3) is 0.692. The van der Waals surface area contributed by atoms with Crippen LogP contribution in [0.4, 0.5) is 0 Å². The first-order chi connectivity index (χ1) is 7.99. The van der Waals surface area contributed by atoms with Crippen LogP contribution in [0.5, 0.6) is 0 Å². The van der Waals surface area contributed by atoms with Gasteiger partial charge in [-0.3, -0.25) is 9.48 Å². The van der Waals surface area contributed by atoms with E-state index in [0.717, 1.165) is 28.8 Å². The Balaban J connectivity index is 2.77. The summed E-state index contributed by atoms with van der Waals surface area (Å²) in [6, 6.07) is 0. The minimum Gasteiger partial charge on any atom is -0.299 e. The molecule has 0 N–H and O–H groups in total. The van der Waals surface area contributed by atoms with Gasteiger partial charge in [0.15, 0.2) is 0 Å². The molecule has 1 unspecified atom stereocenters. The van der Waals surface area contributed by atoms with Gasteiger partial charge in [-0.2, -0.15) is 5.10 Å². The van der Waals surface area contributed by atoms with Gasteiger partial charge < -0.3 is 0 Å². The summed E-state index contributed by atoms with van der Waals surface area (Å²) in [6.07, 6.45) is 2.20. The van der Waals surface area contributed by atoms with E-state index in [0.29, 0.717) is 24.5 Å². The Morgan fingerprint density at radius 3 is 2.65 bits per heavy atom. The molecule has 0 aliphatic heterocycles. The Labute approximate surface area is 112 Å². The molecule has 0 aliphatic carbocycles. The minimum atomic E-state index is 0.301. The van der Waals surface area contributed by atoms with Gasteiger partial charge in [-0.1, -0.05) is 20.3 Å². The second kappa shape index (κ2) is 6.34. The first kappa shape index (κ1) is 14.4. The first-order valence-electron chi connectivity index (χ1n) is 6.23. The van der Waals surface area contributed by atoms with Gasteiger partial charge in [0.1, 0.15) is 5.78 Å². The third-order valence-corrected chi connectivity index (χ3v) is 4.12. The van der Waals surface area contributed by atoms with Crippen molar-refractivity contribution in [3.8, 4) is 0 Å². The molecule has 1 aromatic heterocycles. The molecule has 0 fully saturated rings. The summed E-state index contributed by atoms with van der Waals surface area (Å²) in [4.78, 5) is 11.9. The van der Waals surface area contributed by atoms with Crippen LogP contribution in [0.15, 0.2) is 4.47 Å². The smallest absolute Gasteiger partial charge is 0.139 e. The molecule has 3 nitrogen and oxygen atoms in total. The van der Waals surface area contributed by atoms with E-state index in [1.165, 1.54) is 0 Å². The maximum atomic E-state index is 11.9. The molecule has 0 aliphatic rings. The standard InChI is InChI=1S/C13H21BrN2O/c1-5-9(3)7-11(17)8-12-13(14)10(4)15-16(12)6-2/h9H,5-8H2,1-4H3. The summed E-state index contributed by atoms with van der Waals surface area (Å²) >= 11 is 3.52. The van der Waals surface area contributed by atoms with Crippen molar-refractivity contribution in [1.82, 2.24) is 9.78 Å². The number of aryl methyl sites for hydroxylation is 2. The van der Waals surface area contributed by atoms with E-state index in [9.17, 15) is 4.79 Å². The van der Waals surface area contributed by atoms with Crippen molar-refractivity contribution in [3.05, 3.63) is 15.9 Å². The molecule has 0 saturated heterocycles. The summed E-state index contributed by atoms with van der Waals surface area (Å²) in [5.41, 5.74) is 1.97. The number of hydrogen-bond acceptors (Lipinski definition) is 2. The van der Waals surface area contributed by atoms with Gasteiger partial charge in [0.25, 0.3) is 0 Å². The number of hydrogen-bond donors (Lipinski definition) is 0. The molecule has 0 bridgehead atoms. The highest BCUT2D eigenvalue weighted by molar-refractivity contribution is 9.10. The van der Waals surface area contributed by atoms with Crippen LogP contribution in [0.3, 0.4) is 0 Å². The van der Waals surface area contributed by atoms with Crippen molar-refractivity contribution >= 4 is 21.7 Å². The SMILES string of the molecule is CCC(C)CC(=O)Cc1c(Br)c(C)nn1CC. The van der Waals surface area contributed by atoms with Crippen LogP contribution in [0, 0.1) is 12.8 Å². The second-order valence-electron chi connectivity index (χ2n) is 4.59. The summed E-state index contributed by atoms with van der Waals surface area (Å²) in [5.74, 6) is 0.773. The highest BCUT2D eigenvalue weighted by Crippen LogP contribution is 2.22. The molecule has 1 rings (SSSR count). The number of ketones is 1. The Morgan fingerprint density at radius 1 is 1.47 bits per heavy atom. The summed E-state index contributed by atoms with van der Waals surface area (Å²) in [7, 11) is 0. The number of aromatic nitrogens is 2. The normalized spacial score (nSPS) is 12.8. The number of nitrogens with zero attached hydrogens (tertiary/aromatic N) is 2. The highest BCUT2D eigenvalue weighted by Gasteiger charge is 2.16. The molecular weight excluding hydrogens is 280 g/mol. The summed E-state index contributed by atoms with van der Waals surface area (Å²) in [6.45, 7) is 9.04. The van der Waals surface area contributed by atoms with Crippen molar-refractivity contribution in [3.63, 3.8) is 0 Å². The van der Waals surface area contributed by atoms with Gasteiger partial charge in [-0.25, -0.2) is 0 Å². The van der Waals surface area contributed by atoms with Crippen LogP contribution in [-0.4, -0.2) is 15.6 Å². The molecule has 0 amide bonds. The topological polar surface area (TPSA) is 34.9 Å². The van der Waals surface area contributed by atoms with E-state index < -0.39 is 0 Å². The van der Waals surface area contributed by atoms with Gasteiger partial charge >= 0.3 is 0 Å². The molecule has 0 spiro atoms. The summed E-state index contributed by atoms with van der Waals surface area (Å²) in [5, 5.41) is 4.40. The lowest BCUT2D eigenvalue weighted by Gasteiger charge is -2.08. The van der Waals surface area contributed by atoms with E-state index in [-0.39, 0.29) is 0 Å². The maximum Gasteiger partial charge on any atom is 0.139 e. The number of rotatable bonds is 6. The Bertz CT molecular complexity index is 398. The quantitative estimate of drug-likeness (QED) is 0.805. The van der Waals surface area contributed by atoms with Crippen molar-refractivity contribution in [1.29, 1.82) is 0 Å². The van der Waals surface area contributed by atoms with E-state index in [2.05, 4.69) is 34.9 Å². The van der Waals surface area contributed by atoms with E-state index in [4.69, 9.17) is 0 Å². The summed E-state index contributed by atoms with van der Waals surface area (Å²) < 4.78 is 2.89. The first-order valence-corrected chi connectivity index (χ1v) is 7.02. The van der Waals surface area contributed by atoms with E-state index in [1.54, 1.807) is 0 Å². The van der Waals surface area contributed by atoms with Gasteiger partial charge in [0.2, 0.25) is 0 Å². The Morgan fingerprint density at radius 2 is 2.12 bits per heavy atom. The van der Waals surface area contributed by atoms with Crippen molar-refractivity contribution in [2.45, 2.75) is 53.5 Å². The average molecular weight is 301 g/mol. The van der Waals surface area contributed by atoms with E-state index >= 15 is 0 Å². The number of carbonyl (C=O) groups is 1. The van der Waals surface area contributed by atoms with Gasteiger partial charge in [0.05, 0.1) is 15.9 Å². The fourth-order valence-electron chi connectivity index (χ4n) is 1.83. The van der Waals surface area contributed by atoms with E-state index in [1.807, 2.05) is 18.5 Å². The third kappa shape index (κ3) is 3.66. The number of carbonyl (C=O) groups excluding carboxylic acids is 1. The van der Waals surface area contributed by atoms with Gasteiger partial charge in [-0.05, 0) is 35.7 Å². The van der Waals surface area contributed by atoms with Crippen LogP contribution in [0.1, 0.15) is 45.0 Å². The predicted octanol–water partition coefficient (Wildman–Crippen LogP) is 3.52. The Hall–Kier alpha value is -0.640. The lowest BCUT2D eigenvalue weighted by Crippen LogP contribution is -2.12. The zero-order valence-electron chi connectivity index (χ0n) is 11.1. The van der Waals surface area contributed by atoms with Crippen LogP contribution in [0.25, 0.3) is 0 Å². The largest absolute Gasteiger partial charge is 0.299 e. The molecular formula is C13H21BrN2O. The molecule has 1 heterocycles. The van der Waals surface area contributed by atoms with Crippen molar-refractivity contribution in [2.75, 3.05) is 0 Å². The maximum absolute atomic E-state index is 11.9. The zero-order valence-corrected chi connectivity index (χ0v) is 12.7. The van der Waals surface area contributed by atoms with Gasteiger partial charge in [-0.15, -0.1) is 0 Å². The molecule has 1 aromatic rings. The lowest BCUT2D eigenvalue weighted by atomic mass is 10.00. The average Bonchev–Trinajstić information content (AvgIpc) is 2.56. The molecule has 4 heteroatoms. The number of Topliss-reactive ketones (excluding diaryl/α,β-unsaturated/α-hetero) is 1. The minimum absolute atomic E-state index is 0.301. The molecule has 0 aromatic carbocycles. The predicted molar refractivity (Wildman–Crippen MR) is 73.1 cm³/mol. The third-order valence-electron chi connectivity index (χ3n) is 3.09.